The summed E-state index contributed by atoms with van der Waals surface area (Å²) >= 11 is 0. The van der Waals surface area contributed by atoms with E-state index in [2.05, 4.69) is 10.4 Å². The molecule has 0 saturated heterocycles. The second-order valence-corrected chi connectivity index (χ2v) is 4.62. The zero-order chi connectivity index (χ0) is 16.2. The van der Waals surface area contributed by atoms with Gasteiger partial charge in [0.05, 0.1) is 0 Å². The number of benzene rings is 1. The van der Waals surface area contributed by atoms with Gasteiger partial charge in [0.15, 0.2) is 5.69 Å². The topological polar surface area (TPSA) is 67.2 Å². The quantitative estimate of drug-likeness (QED) is 0.888. The third-order valence-corrected chi connectivity index (χ3v) is 2.87. The van der Waals surface area contributed by atoms with Crippen molar-refractivity contribution in [3.63, 3.8) is 0 Å². The van der Waals surface area contributed by atoms with Crippen molar-refractivity contribution < 1.29 is 23.1 Å². The number of aliphatic hydroxyl groups excluding tert-OH is 1. The summed E-state index contributed by atoms with van der Waals surface area (Å²) < 4.78 is 38.1. The highest BCUT2D eigenvalue weighted by Gasteiger charge is 2.33. The molecule has 0 radical (unpaired) electrons. The van der Waals surface area contributed by atoms with E-state index in [9.17, 15) is 18.0 Å². The number of carbonyl (C=O) groups excluding carboxylic acids is 1. The first-order valence-electron chi connectivity index (χ1n) is 6.49. The number of aliphatic hydroxyl groups is 1. The third-order valence-electron chi connectivity index (χ3n) is 2.87. The van der Waals surface area contributed by atoms with Crippen LogP contribution in [0.5, 0.6) is 0 Å². The Kier molecular flexibility index (Phi) is 4.81. The lowest BCUT2D eigenvalue weighted by Gasteiger charge is -2.07. The van der Waals surface area contributed by atoms with Crippen LogP contribution in [0.15, 0.2) is 36.5 Å². The van der Waals surface area contributed by atoms with Gasteiger partial charge in [0.25, 0.3) is 0 Å². The fourth-order valence-electron chi connectivity index (χ4n) is 1.83. The largest absolute Gasteiger partial charge is 0.435 e. The standard InChI is InChI=1S/C14H14F3N3O2/c15-14(16,17)12-5-7-20(19-12)9-13(22)18-11-3-1-10(2-4-11)6-8-21/h1-5,7,21H,6,8-9H2,(H,18,22). The van der Waals surface area contributed by atoms with Gasteiger partial charge < -0.3 is 10.4 Å². The maximum atomic E-state index is 12.4. The Morgan fingerprint density at radius 1 is 1.23 bits per heavy atom. The number of amides is 1. The van der Waals surface area contributed by atoms with Crippen LogP contribution < -0.4 is 5.32 Å². The van der Waals surface area contributed by atoms with Crippen LogP contribution in [0.2, 0.25) is 0 Å². The van der Waals surface area contributed by atoms with Gasteiger partial charge in [-0.25, -0.2) is 0 Å². The molecule has 5 nitrogen and oxygen atoms in total. The molecule has 1 heterocycles. The number of hydrogen-bond donors (Lipinski definition) is 2. The normalized spacial score (nSPS) is 11.5. The number of nitrogens with one attached hydrogen (secondary N) is 1. The van der Waals surface area contributed by atoms with E-state index in [1.807, 2.05) is 0 Å². The number of nitrogens with zero attached hydrogens (tertiary/aromatic N) is 2. The van der Waals surface area contributed by atoms with Crippen molar-refractivity contribution >= 4 is 11.6 Å². The molecule has 8 heteroatoms. The Morgan fingerprint density at radius 2 is 1.91 bits per heavy atom. The molecule has 1 aromatic heterocycles. The van der Waals surface area contributed by atoms with Gasteiger partial charge in [-0.3, -0.25) is 9.48 Å². The first-order chi connectivity index (χ1) is 10.4. The van der Waals surface area contributed by atoms with Crippen LogP contribution in [0.1, 0.15) is 11.3 Å². The molecule has 22 heavy (non-hydrogen) atoms. The molecule has 0 fully saturated rings. The minimum absolute atomic E-state index is 0.0343. The van der Waals surface area contributed by atoms with Gasteiger partial charge in [-0.15, -0.1) is 0 Å². The summed E-state index contributed by atoms with van der Waals surface area (Å²) in [6.07, 6.45) is -2.90. The molecular weight excluding hydrogens is 299 g/mol. The molecule has 0 aliphatic heterocycles. The molecule has 2 aromatic rings. The smallest absolute Gasteiger partial charge is 0.396 e. The highest BCUT2D eigenvalue weighted by Crippen LogP contribution is 2.27. The molecule has 0 unspecified atom stereocenters. The molecule has 2 N–H and O–H groups in total. The Labute approximate surface area is 124 Å². The summed E-state index contributed by atoms with van der Waals surface area (Å²) in [5.41, 5.74) is 0.408. The minimum Gasteiger partial charge on any atom is -0.396 e. The summed E-state index contributed by atoms with van der Waals surface area (Å²) in [5, 5.41) is 14.7. The second kappa shape index (κ2) is 6.61. The van der Waals surface area contributed by atoms with Crippen LogP contribution in [0.4, 0.5) is 18.9 Å². The number of hydrogen-bond acceptors (Lipinski definition) is 3. The summed E-state index contributed by atoms with van der Waals surface area (Å²) in [6, 6.07) is 7.64. The zero-order valence-electron chi connectivity index (χ0n) is 11.5. The molecule has 0 saturated carbocycles. The predicted molar refractivity (Wildman–Crippen MR) is 73.1 cm³/mol. The van der Waals surface area contributed by atoms with Gasteiger partial charge >= 0.3 is 6.18 Å². The van der Waals surface area contributed by atoms with Gasteiger partial charge in [-0.1, -0.05) is 12.1 Å². The van der Waals surface area contributed by atoms with Gasteiger partial charge in [-0.2, -0.15) is 18.3 Å². The molecule has 0 atom stereocenters. The van der Waals surface area contributed by atoms with Gasteiger partial charge in [0, 0.05) is 18.5 Å². The monoisotopic (exact) mass is 313 g/mol. The summed E-state index contributed by atoms with van der Waals surface area (Å²) in [5.74, 6) is -0.480. The van der Waals surface area contributed by atoms with Crippen molar-refractivity contribution in [1.82, 2.24) is 9.78 Å². The van der Waals surface area contributed by atoms with E-state index >= 15 is 0 Å². The molecule has 2 rings (SSSR count). The number of aromatic nitrogens is 2. The van der Waals surface area contributed by atoms with Crippen molar-refractivity contribution in [2.45, 2.75) is 19.1 Å². The first kappa shape index (κ1) is 16.0. The van der Waals surface area contributed by atoms with Crippen LogP contribution in [-0.2, 0) is 23.9 Å². The number of rotatable bonds is 5. The van der Waals surface area contributed by atoms with E-state index in [0.717, 1.165) is 22.5 Å². The zero-order valence-corrected chi connectivity index (χ0v) is 11.5. The molecule has 0 aliphatic carbocycles. The van der Waals surface area contributed by atoms with E-state index in [4.69, 9.17) is 5.11 Å². The molecular formula is C14H14F3N3O2. The van der Waals surface area contributed by atoms with E-state index < -0.39 is 17.8 Å². The number of anilines is 1. The van der Waals surface area contributed by atoms with Crippen LogP contribution >= 0.6 is 0 Å². The Hall–Kier alpha value is -2.35. The van der Waals surface area contributed by atoms with Crippen LogP contribution in [-0.4, -0.2) is 27.4 Å². The third kappa shape index (κ3) is 4.32. The van der Waals surface area contributed by atoms with Crippen molar-refractivity contribution in [2.75, 3.05) is 11.9 Å². The lowest BCUT2D eigenvalue weighted by atomic mass is 10.1. The second-order valence-electron chi connectivity index (χ2n) is 4.62. The average molecular weight is 313 g/mol. The van der Waals surface area contributed by atoms with E-state index in [-0.39, 0.29) is 13.2 Å². The minimum atomic E-state index is -4.52. The molecule has 118 valence electrons. The van der Waals surface area contributed by atoms with Crippen LogP contribution in [0.25, 0.3) is 0 Å². The molecule has 0 aliphatic rings. The fourth-order valence-corrected chi connectivity index (χ4v) is 1.83. The van der Waals surface area contributed by atoms with E-state index in [1.54, 1.807) is 24.3 Å². The van der Waals surface area contributed by atoms with Crippen molar-refractivity contribution in [2.24, 2.45) is 0 Å². The van der Waals surface area contributed by atoms with Gasteiger partial charge in [0.1, 0.15) is 6.54 Å². The molecule has 1 aromatic carbocycles. The molecule has 0 spiro atoms. The SMILES string of the molecule is O=C(Cn1ccc(C(F)(F)F)n1)Nc1ccc(CCO)cc1. The Balaban J connectivity index is 1.94. The van der Waals surface area contributed by atoms with Gasteiger partial charge in [-0.05, 0) is 30.2 Å². The van der Waals surface area contributed by atoms with Gasteiger partial charge in [0.2, 0.25) is 5.91 Å². The molecule has 0 bridgehead atoms. The summed E-state index contributed by atoms with van der Waals surface area (Å²) in [4.78, 5) is 11.8. The Bertz CT molecular complexity index is 636. The average Bonchev–Trinajstić information content (AvgIpc) is 2.89. The number of alkyl halides is 3. The Morgan fingerprint density at radius 3 is 2.45 bits per heavy atom. The molecule has 1 amide bonds. The fraction of sp³-hybridized carbons (Fsp3) is 0.286. The van der Waals surface area contributed by atoms with Crippen molar-refractivity contribution in [3.05, 3.63) is 47.8 Å². The maximum absolute atomic E-state index is 12.4. The van der Waals surface area contributed by atoms with E-state index in [0.29, 0.717) is 12.1 Å². The summed E-state index contributed by atoms with van der Waals surface area (Å²) in [7, 11) is 0. The van der Waals surface area contributed by atoms with Crippen molar-refractivity contribution in [1.29, 1.82) is 0 Å². The van der Waals surface area contributed by atoms with Crippen molar-refractivity contribution in [3.8, 4) is 0 Å². The first-order valence-corrected chi connectivity index (χ1v) is 6.49. The summed E-state index contributed by atoms with van der Waals surface area (Å²) in [6.45, 7) is -0.277. The lowest BCUT2D eigenvalue weighted by Crippen LogP contribution is -2.19. The van der Waals surface area contributed by atoms with E-state index in [1.165, 1.54) is 0 Å². The number of halogens is 3. The predicted octanol–water partition coefficient (Wildman–Crippen LogP) is 2.08. The highest BCUT2D eigenvalue weighted by molar-refractivity contribution is 5.90. The lowest BCUT2D eigenvalue weighted by molar-refractivity contribution is -0.141. The van der Waals surface area contributed by atoms with Crippen LogP contribution in [0.3, 0.4) is 0 Å². The van der Waals surface area contributed by atoms with Crippen LogP contribution in [0, 0.1) is 0 Å². The highest BCUT2D eigenvalue weighted by atomic mass is 19.4. The number of carbonyl (C=O) groups is 1. The maximum Gasteiger partial charge on any atom is 0.435 e.